The van der Waals surface area contributed by atoms with Crippen LogP contribution < -0.4 is 15.4 Å². The molecule has 3 aromatic carbocycles. The summed E-state index contributed by atoms with van der Waals surface area (Å²) in [5.41, 5.74) is 5.39. The Morgan fingerprint density at radius 2 is 1.75 bits per heavy atom. The number of carbonyl (C=O) groups excluding carboxylic acids is 1. The van der Waals surface area contributed by atoms with Crippen molar-refractivity contribution in [3.05, 3.63) is 89.5 Å². The Hall–Kier alpha value is -3.27. The van der Waals surface area contributed by atoms with Gasteiger partial charge in [0, 0.05) is 16.9 Å². The topological polar surface area (TPSA) is 50.4 Å². The predicted molar refractivity (Wildman–Crippen MR) is 127 cm³/mol. The number of benzene rings is 3. The summed E-state index contributed by atoms with van der Waals surface area (Å²) < 4.78 is 5.21. The Kier molecular flexibility index (Phi) is 4.67. The molecule has 0 aromatic heterocycles. The molecule has 2 N–H and O–H groups in total. The van der Waals surface area contributed by atoms with Crippen molar-refractivity contribution in [1.82, 2.24) is 0 Å². The Morgan fingerprint density at radius 1 is 0.969 bits per heavy atom. The molecule has 162 valence electrons. The lowest BCUT2D eigenvalue weighted by Crippen LogP contribution is -2.35. The maximum absolute atomic E-state index is 13.0. The van der Waals surface area contributed by atoms with Gasteiger partial charge in [0.1, 0.15) is 5.75 Å². The second-order valence-electron chi connectivity index (χ2n) is 9.45. The van der Waals surface area contributed by atoms with E-state index >= 15 is 0 Å². The fourth-order valence-electron chi connectivity index (χ4n) is 6.50. The summed E-state index contributed by atoms with van der Waals surface area (Å²) in [7, 11) is 1.64. The summed E-state index contributed by atoms with van der Waals surface area (Å²) in [6, 6.07) is 24.9. The van der Waals surface area contributed by atoms with Crippen LogP contribution in [0.3, 0.4) is 0 Å². The Balaban J connectivity index is 1.32. The van der Waals surface area contributed by atoms with Gasteiger partial charge in [-0.25, -0.2) is 0 Å². The van der Waals surface area contributed by atoms with Crippen LogP contribution in [-0.4, -0.2) is 13.0 Å². The number of hydrogen-bond acceptors (Lipinski definition) is 3. The quantitative estimate of drug-likeness (QED) is 0.521. The van der Waals surface area contributed by atoms with Gasteiger partial charge in [0.25, 0.3) is 5.91 Å². The second-order valence-corrected chi connectivity index (χ2v) is 9.45. The summed E-state index contributed by atoms with van der Waals surface area (Å²) in [5.74, 6) is 3.35. The van der Waals surface area contributed by atoms with Crippen molar-refractivity contribution in [2.75, 3.05) is 17.7 Å². The Labute approximate surface area is 189 Å². The SMILES string of the molecule is COc1ccc(NC(=O)c2ccc3c(c2)C2C4CCC(C4)C2C(c2ccccc2)N3)cc1. The highest BCUT2D eigenvalue weighted by atomic mass is 16.5. The number of nitrogens with one attached hydrogen (secondary N) is 2. The number of methoxy groups -OCH3 is 1. The maximum atomic E-state index is 13.0. The van der Waals surface area contributed by atoms with Crippen molar-refractivity contribution in [1.29, 1.82) is 0 Å². The van der Waals surface area contributed by atoms with E-state index in [1.54, 1.807) is 7.11 Å². The summed E-state index contributed by atoms with van der Waals surface area (Å²) in [5, 5.41) is 6.88. The minimum absolute atomic E-state index is 0.0668. The van der Waals surface area contributed by atoms with Crippen molar-refractivity contribution in [2.24, 2.45) is 17.8 Å². The molecule has 3 aliphatic rings. The molecule has 1 amide bonds. The van der Waals surface area contributed by atoms with Crippen molar-refractivity contribution in [3.8, 4) is 5.75 Å². The van der Waals surface area contributed by atoms with E-state index in [1.807, 2.05) is 30.3 Å². The Bertz CT molecular complexity index is 1140. The van der Waals surface area contributed by atoms with Gasteiger partial charge >= 0.3 is 0 Å². The summed E-state index contributed by atoms with van der Waals surface area (Å²) >= 11 is 0. The van der Waals surface area contributed by atoms with Crippen LogP contribution in [-0.2, 0) is 0 Å². The molecular weight excluding hydrogens is 396 g/mol. The van der Waals surface area contributed by atoms with E-state index in [9.17, 15) is 4.79 Å². The third-order valence-corrected chi connectivity index (χ3v) is 7.86. The maximum Gasteiger partial charge on any atom is 0.255 e. The molecule has 3 aromatic rings. The van der Waals surface area contributed by atoms with E-state index in [2.05, 4.69) is 53.1 Å². The third kappa shape index (κ3) is 3.17. The number of rotatable bonds is 4. The van der Waals surface area contributed by atoms with Gasteiger partial charge in [0.15, 0.2) is 0 Å². The number of fused-ring (bicyclic) bond motifs is 7. The molecule has 0 radical (unpaired) electrons. The van der Waals surface area contributed by atoms with Gasteiger partial charge in [-0.3, -0.25) is 4.79 Å². The zero-order chi connectivity index (χ0) is 21.7. The minimum atomic E-state index is -0.0668. The molecule has 2 bridgehead atoms. The fourth-order valence-corrected chi connectivity index (χ4v) is 6.50. The molecule has 2 saturated carbocycles. The highest BCUT2D eigenvalue weighted by Gasteiger charge is 2.53. The molecule has 0 spiro atoms. The molecule has 0 saturated heterocycles. The van der Waals surface area contributed by atoms with Gasteiger partial charge < -0.3 is 15.4 Å². The molecule has 6 rings (SSSR count). The van der Waals surface area contributed by atoms with E-state index < -0.39 is 0 Å². The first-order valence-electron chi connectivity index (χ1n) is 11.6. The molecular formula is C28H28N2O2. The summed E-state index contributed by atoms with van der Waals surface area (Å²) in [6.45, 7) is 0. The van der Waals surface area contributed by atoms with Crippen LogP contribution in [0.5, 0.6) is 5.75 Å². The number of amides is 1. The molecule has 2 fully saturated rings. The highest BCUT2D eigenvalue weighted by Crippen LogP contribution is 2.63. The van der Waals surface area contributed by atoms with E-state index in [0.29, 0.717) is 17.9 Å². The lowest BCUT2D eigenvalue weighted by molar-refractivity contribution is 0.102. The molecule has 2 aliphatic carbocycles. The van der Waals surface area contributed by atoms with Crippen LogP contribution in [0.25, 0.3) is 0 Å². The molecule has 32 heavy (non-hydrogen) atoms. The minimum Gasteiger partial charge on any atom is -0.497 e. The highest BCUT2D eigenvalue weighted by molar-refractivity contribution is 6.04. The van der Waals surface area contributed by atoms with Crippen molar-refractivity contribution in [2.45, 2.75) is 31.2 Å². The third-order valence-electron chi connectivity index (χ3n) is 7.86. The fraction of sp³-hybridized carbons (Fsp3) is 0.321. The standard InChI is InChI=1S/C28H28N2O2/c1-32-22-12-10-21(11-13-22)29-28(31)20-9-14-24-23(16-20)25-18-7-8-19(15-18)26(25)27(30-24)17-5-3-2-4-6-17/h2-6,9-14,16,18-19,25-27,30H,7-8,15H2,1H3,(H,29,31). The van der Waals surface area contributed by atoms with Crippen LogP contribution in [0.15, 0.2) is 72.8 Å². The smallest absolute Gasteiger partial charge is 0.255 e. The largest absolute Gasteiger partial charge is 0.497 e. The van der Waals surface area contributed by atoms with E-state index in [0.717, 1.165) is 28.8 Å². The van der Waals surface area contributed by atoms with E-state index in [-0.39, 0.29) is 5.91 Å². The van der Waals surface area contributed by atoms with Crippen LogP contribution in [0.2, 0.25) is 0 Å². The zero-order valence-electron chi connectivity index (χ0n) is 18.3. The number of hydrogen-bond donors (Lipinski definition) is 2. The first kappa shape index (κ1) is 19.4. The Morgan fingerprint density at radius 3 is 2.53 bits per heavy atom. The lowest BCUT2D eigenvalue weighted by Gasteiger charge is -2.43. The van der Waals surface area contributed by atoms with Crippen molar-refractivity contribution in [3.63, 3.8) is 0 Å². The average Bonchev–Trinajstić information content (AvgIpc) is 3.47. The normalized spacial score (nSPS) is 27.2. The summed E-state index contributed by atoms with van der Waals surface area (Å²) in [4.78, 5) is 13.0. The average molecular weight is 425 g/mol. The van der Waals surface area contributed by atoms with E-state index in [1.165, 1.54) is 36.1 Å². The second kappa shape index (κ2) is 7.70. The van der Waals surface area contributed by atoms with Crippen molar-refractivity contribution >= 4 is 17.3 Å². The van der Waals surface area contributed by atoms with Gasteiger partial charge in [-0.15, -0.1) is 0 Å². The first-order valence-corrected chi connectivity index (χ1v) is 11.6. The van der Waals surface area contributed by atoms with Gasteiger partial charge in [-0.2, -0.15) is 0 Å². The molecule has 1 heterocycles. The molecule has 1 aliphatic heterocycles. The monoisotopic (exact) mass is 424 g/mol. The van der Waals surface area contributed by atoms with Gasteiger partial charge in [-0.05, 0) is 96.5 Å². The van der Waals surface area contributed by atoms with Gasteiger partial charge in [0.2, 0.25) is 0 Å². The van der Waals surface area contributed by atoms with Crippen molar-refractivity contribution < 1.29 is 9.53 Å². The van der Waals surface area contributed by atoms with Crippen LogP contribution in [0, 0.1) is 17.8 Å². The lowest BCUT2D eigenvalue weighted by atomic mass is 9.68. The molecule has 5 atom stereocenters. The summed E-state index contributed by atoms with van der Waals surface area (Å²) in [6.07, 6.45) is 3.97. The van der Waals surface area contributed by atoms with Gasteiger partial charge in [-0.1, -0.05) is 30.3 Å². The molecule has 4 heteroatoms. The molecule has 4 nitrogen and oxygen atoms in total. The molecule has 5 unspecified atom stereocenters. The predicted octanol–water partition coefficient (Wildman–Crippen LogP) is 6.24. The van der Waals surface area contributed by atoms with Crippen LogP contribution >= 0.6 is 0 Å². The van der Waals surface area contributed by atoms with Crippen LogP contribution in [0.1, 0.15) is 52.7 Å². The number of anilines is 2. The van der Waals surface area contributed by atoms with E-state index in [4.69, 9.17) is 4.74 Å². The van der Waals surface area contributed by atoms with Gasteiger partial charge in [0.05, 0.1) is 13.2 Å². The first-order chi connectivity index (χ1) is 15.7. The number of carbonyl (C=O) groups is 1. The number of ether oxygens (including phenoxy) is 1. The zero-order valence-corrected chi connectivity index (χ0v) is 18.3. The van der Waals surface area contributed by atoms with Crippen LogP contribution in [0.4, 0.5) is 11.4 Å².